The van der Waals surface area contributed by atoms with Crippen LogP contribution in [0.4, 0.5) is 5.69 Å². The highest BCUT2D eigenvalue weighted by Crippen LogP contribution is 2.53. The first-order chi connectivity index (χ1) is 17.8. The molecule has 204 valence electrons. The van der Waals surface area contributed by atoms with Gasteiger partial charge in [-0.15, -0.1) is 4.91 Å². The van der Waals surface area contributed by atoms with Crippen LogP contribution in [-0.4, -0.2) is 101 Å². The molecule has 1 amide bonds. The summed E-state index contributed by atoms with van der Waals surface area (Å²) in [6, 6.07) is 1.87. The van der Waals surface area contributed by atoms with E-state index in [2.05, 4.69) is 5.29 Å². The van der Waals surface area contributed by atoms with E-state index in [1.54, 1.807) is 27.2 Å². The highest BCUT2D eigenvalue weighted by molar-refractivity contribution is 6.24. The van der Waals surface area contributed by atoms with E-state index in [4.69, 9.17) is 5.73 Å². The summed E-state index contributed by atoms with van der Waals surface area (Å²) >= 11 is 0. The third kappa shape index (κ3) is 3.80. The number of nitrogens with two attached hydrogens (primary N) is 1. The minimum Gasteiger partial charge on any atom is -0.508 e. The van der Waals surface area contributed by atoms with Crippen molar-refractivity contribution in [2.75, 3.05) is 46.2 Å². The Hall–Kier alpha value is -3.97. The molecule has 0 radical (unpaired) electrons. The third-order valence-electron chi connectivity index (χ3n) is 7.89. The summed E-state index contributed by atoms with van der Waals surface area (Å²) in [4.78, 5) is 53.1. The molecule has 0 aliphatic heterocycles. The average molecular weight is 530 g/mol. The van der Waals surface area contributed by atoms with Gasteiger partial charge in [0.2, 0.25) is 5.78 Å². The lowest BCUT2D eigenvalue weighted by Gasteiger charge is -2.50. The van der Waals surface area contributed by atoms with Crippen LogP contribution in [-0.2, 0) is 20.8 Å². The SMILES string of the molecule is CN(CCN(C)c1ccc(O)c2c1C[C@H]1C[C@H]3[C@@H](N(C)C)C(=O)C(C(N)=O)=C(O)[C@@]3(O)C(=O)C1=C2O)N=O. The molecule has 1 aromatic rings. The van der Waals surface area contributed by atoms with Crippen molar-refractivity contribution < 1.29 is 34.8 Å². The topological polar surface area (TPSA) is 197 Å². The number of carbonyl (C=O) groups is 3. The maximum atomic E-state index is 13.8. The van der Waals surface area contributed by atoms with Gasteiger partial charge in [0.1, 0.15) is 22.8 Å². The highest BCUT2D eigenvalue weighted by Gasteiger charge is 2.64. The molecule has 1 fully saturated rings. The minimum absolute atomic E-state index is 0.00235. The second-order valence-corrected chi connectivity index (χ2v) is 10.3. The lowest BCUT2D eigenvalue weighted by molar-refractivity contribution is -0.153. The number of carbonyl (C=O) groups excluding carboxylic acids is 3. The number of amides is 1. The minimum atomic E-state index is -2.68. The zero-order valence-electron chi connectivity index (χ0n) is 21.5. The third-order valence-corrected chi connectivity index (χ3v) is 7.89. The number of Topliss-reactive ketones (excluding diaryl/α,β-unsaturated/α-hetero) is 2. The average Bonchev–Trinajstić information content (AvgIpc) is 2.84. The number of primary amides is 1. The van der Waals surface area contributed by atoms with Crippen LogP contribution in [0.25, 0.3) is 5.76 Å². The molecule has 3 aliphatic carbocycles. The number of ketones is 2. The Balaban J connectivity index is 1.88. The van der Waals surface area contributed by atoms with E-state index in [-0.39, 0.29) is 29.7 Å². The number of anilines is 1. The van der Waals surface area contributed by atoms with Crippen LogP contribution < -0.4 is 10.6 Å². The van der Waals surface area contributed by atoms with Gasteiger partial charge in [-0.3, -0.25) is 24.3 Å². The Morgan fingerprint density at radius 2 is 1.79 bits per heavy atom. The smallest absolute Gasteiger partial charge is 0.255 e. The second kappa shape index (κ2) is 9.40. The summed E-state index contributed by atoms with van der Waals surface area (Å²) in [6.45, 7) is 0.689. The maximum Gasteiger partial charge on any atom is 0.255 e. The zero-order chi connectivity index (χ0) is 28.3. The normalized spacial score (nSPS) is 26.6. The first kappa shape index (κ1) is 27.1. The summed E-state index contributed by atoms with van der Waals surface area (Å²) in [6.07, 6.45) is 0.173. The number of hydrogen-bond donors (Lipinski definition) is 5. The van der Waals surface area contributed by atoms with E-state index in [0.717, 1.165) is 0 Å². The summed E-state index contributed by atoms with van der Waals surface area (Å²) in [5, 5.41) is 48.6. The molecule has 0 aromatic heterocycles. The first-order valence-electron chi connectivity index (χ1n) is 12.0. The molecule has 0 unspecified atom stereocenters. The van der Waals surface area contributed by atoms with Crippen molar-refractivity contribution in [1.29, 1.82) is 0 Å². The van der Waals surface area contributed by atoms with Gasteiger partial charge in [-0.1, -0.05) is 0 Å². The summed E-state index contributed by atoms with van der Waals surface area (Å²) < 4.78 is 0. The number of phenols is 1. The Morgan fingerprint density at radius 3 is 2.37 bits per heavy atom. The molecule has 1 aromatic carbocycles. The fraction of sp³-hybridized carbons (Fsp3) is 0.480. The predicted molar refractivity (Wildman–Crippen MR) is 136 cm³/mol. The molecule has 6 N–H and O–H groups in total. The van der Waals surface area contributed by atoms with Gasteiger partial charge in [0.05, 0.1) is 23.4 Å². The predicted octanol–water partition coefficient (Wildman–Crippen LogP) is 0.0134. The quantitative estimate of drug-likeness (QED) is 0.181. The standard InChI is InChI=1S/C25H31N5O8/c1-28(2)19-13-10-11-9-12-14(29(3)7-8-30(4)27-38)5-6-15(31)17(12)20(32)16(11)22(34)25(13,37)23(35)18(21(19)33)24(26)36/h5-6,11,13,19,31-32,35,37H,7-10H2,1-4H3,(H2,26,36)/t11-,13-,19+,25-/m0/s1. The van der Waals surface area contributed by atoms with Crippen LogP contribution in [0.5, 0.6) is 5.75 Å². The van der Waals surface area contributed by atoms with E-state index >= 15 is 0 Å². The number of hydrogen-bond acceptors (Lipinski definition) is 11. The molecule has 0 saturated heterocycles. The molecule has 38 heavy (non-hydrogen) atoms. The lowest BCUT2D eigenvalue weighted by Crippen LogP contribution is -2.65. The number of benzene rings is 1. The van der Waals surface area contributed by atoms with Crippen LogP contribution in [0.2, 0.25) is 0 Å². The number of likely N-dealkylation sites (N-methyl/N-ethyl adjacent to an activating group) is 3. The fourth-order valence-corrected chi connectivity index (χ4v) is 6.04. The molecule has 4 rings (SSSR count). The molecule has 0 bridgehead atoms. The summed E-state index contributed by atoms with van der Waals surface area (Å²) in [5.41, 5.74) is 2.77. The van der Waals surface area contributed by atoms with Crippen molar-refractivity contribution in [3.63, 3.8) is 0 Å². The van der Waals surface area contributed by atoms with Gasteiger partial charge in [0.15, 0.2) is 11.4 Å². The van der Waals surface area contributed by atoms with Crippen molar-refractivity contribution in [3.8, 4) is 5.75 Å². The molecule has 1 saturated carbocycles. The number of fused-ring (bicyclic) bond motifs is 3. The van der Waals surface area contributed by atoms with E-state index < -0.39 is 58.0 Å². The van der Waals surface area contributed by atoms with Crippen molar-refractivity contribution in [2.45, 2.75) is 24.5 Å². The number of nitrogens with zero attached hydrogens (tertiary/aromatic N) is 4. The number of aliphatic hydroxyl groups is 3. The Bertz CT molecular complexity index is 1300. The number of aliphatic hydroxyl groups excluding tert-OH is 2. The molecule has 4 atom stereocenters. The van der Waals surface area contributed by atoms with Crippen LogP contribution in [0.15, 0.2) is 34.3 Å². The highest BCUT2D eigenvalue weighted by atomic mass is 16.3. The van der Waals surface area contributed by atoms with Crippen LogP contribution in [0.3, 0.4) is 0 Å². The van der Waals surface area contributed by atoms with Crippen LogP contribution in [0, 0.1) is 16.7 Å². The molecule has 0 spiro atoms. The largest absolute Gasteiger partial charge is 0.508 e. The summed E-state index contributed by atoms with van der Waals surface area (Å²) in [7, 11) is 6.39. The monoisotopic (exact) mass is 529 g/mol. The van der Waals surface area contributed by atoms with Gasteiger partial charge < -0.3 is 31.1 Å². The molecule has 0 heterocycles. The Morgan fingerprint density at radius 1 is 1.13 bits per heavy atom. The van der Waals surface area contributed by atoms with Gasteiger partial charge in [-0.25, -0.2) is 0 Å². The number of rotatable bonds is 7. The zero-order valence-corrected chi connectivity index (χ0v) is 21.5. The number of nitroso groups, excluding NO2 is 1. The van der Waals surface area contributed by atoms with Crippen molar-refractivity contribution in [3.05, 3.63) is 45.1 Å². The lowest BCUT2D eigenvalue weighted by atomic mass is 9.57. The van der Waals surface area contributed by atoms with Crippen molar-refractivity contribution in [1.82, 2.24) is 9.91 Å². The second-order valence-electron chi connectivity index (χ2n) is 10.3. The van der Waals surface area contributed by atoms with E-state index in [1.807, 2.05) is 4.90 Å². The Labute approximate surface area is 218 Å². The van der Waals surface area contributed by atoms with Crippen molar-refractivity contribution >= 4 is 28.9 Å². The van der Waals surface area contributed by atoms with E-state index in [9.17, 15) is 39.7 Å². The number of phenolic OH excluding ortho intramolecular Hbond substituents is 1. The molecule has 13 nitrogen and oxygen atoms in total. The molecule has 3 aliphatic rings. The molecular weight excluding hydrogens is 498 g/mol. The summed E-state index contributed by atoms with van der Waals surface area (Å²) in [5.74, 6) is -6.94. The molecule has 13 heteroatoms. The van der Waals surface area contributed by atoms with Crippen LogP contribution in [0.1, 0.15) is 17.5 Å². The maximum absolute atomic E-state index is 13.8. The van der Waals surface area contributed by atoms with Gasteiger partial charge in [0, 0.05) is 37.8 Å². The van der Waals surface area contributed by atoms with Crippen LogP contribution >= 0.6 is 0 Å². The first-order valence-corrected chi connectivity index (χ1v) is 12.0. The van der Waals surface area contributed by atoms with Gasteiger partial charge in [-0.2, -0.15) is 0 Å². The van der Waals surface area contributed by atoms with Gasteiger partial charge >= 0.3 is 0 Å². The Kier molecular flexibility index (Phi) is 6.70. The number of aromatic hydroxyl groups is 1. The van der Waals surface area contributed by atoms with E-state index in [0.29, 0.717) is 24.3 Å². The molecular formula is C25H31N5O8. The van der Waals surface area contributed by atoms with Gasteiger partial charge in [-0.05, 0) is 50.6 Å². The van der Waals surface area contributed by atoms with E-state index in [1.165, 1.54) is 23.0 Å². The van der Waals surface area contributed by atoms with Gasteiger partial charge in [0.25, 0.3) is 5.91 Å². The fourth-order valence-electron chi connectivity index (χ4n) is 6.04. The van der Waals surface area contributed by atoms with Crippen molar-refractivity contribution in [2.24, 2.45) is 22.9 Å².